The molecule has 1 amide bonds. The summed E-state index contributed by atoms with van der Waals surface area (Å²) in [4.78, 5) is 11.6. The third-order valence-electron chi connectivity index (χ3n) is 2.91. The molecule has 1 aromatic carbocycles. The van der Waals surface area contributed by atoms with Crippen LogP contribution in [0.15, 0.2) is 24.3 Å². The maximum atomic E-state index is 11.6. The van der Waals surface area contributed by atoms with Gasteiger partial charge in [-0.1, -0.05) is 32.9 Å². The fraction of sp³-hybridized carbons (Fsp3) is 0.562. The van der Waals surface area contributed by atoms with E-state index in [0.717, 1.165) is 0 Å². The molecule has 1 unspecified atom stereocenters. The molecule has 0 heterocycles. The molecule has 0 aliphatic heterocycles. The average molecular weight is 279 g/mol. The van der Waals surface area contributed by atoms with E-state index in [-0.39, 0.29) is 24.0 Å². The van der Waals surface area contributed by atoms with E-state index < -0.39 is 0 Å². The van der Waals surface area contributed by atoms with Gasteiger partial charge < -0.3 is 14.8 Å². The van der Waals surface area contributed by atoms with Gasteiger partial charge in [0.2, 0.25) is 0 Å². The minimum atomic E-state index is -0.144. The fourth-order valence-electron chi connectivity index (χ4n) is 1.81. The van der Waals surface area contributed by atoms with Gasteiger partial charge in [-0.25, -0.2) is 0 Å². The van der Waals surface area contributed by atoms with Gasteiger partial charge in [0, 0.05) is 13.2 Å². The second-order valence-corrected chi connectivity index (χ2v) is 5.99. The van der Waals surface area contributed by atoms with Gasteiger partial charge in [0.15, 0.2) is 6.61 Å². The average Bonchev–Trinajstić information content (AvgIpc) is 2.36. The van der Waals surface area contributed by atoms with Gasteiger partial charge in [0.05, 0.1) is 6.61 Å². The maximum absolute atomic E-state index is 11.6. The lowest BCUT2D eigenvalue weighted by Crippen LogP contribution is -2.38. The molecule has 1 aromatic rings. The van der Waals surface area contributed by atoms with E-state index in [0.29, 0.717) is 12.4 Å². The molecule has 0 radical (unpaired) electrons. The van der Waals surface area contributed by atoms with Crippen LogP contribution < -0.4 is 10.1 Å². The number of carbonyl (C=O) groups excluding carboxylic acids is 1. The van der Waals surface area contributed by atoms with E-state index in [4.69, 9.17) is 9.47 Å². The predicted octanol–water partition coefficient (Wildman–Crippen LogP) is 2.51. The molecule has 1 rings (SSSR count). The molecule has 0 aliphatic rings. The highest BCUT2D eigenvalue weighted by molar-refractivity contribution is 5.77. The Labute approximate surface area is 121 Å². The van der Waals surface area contributed by atoms with Crippen LogP contribution >= 0.6 is 0 Å². The molecule has 20 heavy (non-hydrogen) atoms. The minimum absolute atomic E-state index is 0.0145. The van der Waals surface area contributed by atoms with Gasteiger partial charge in [-0.15, -0.1) is 0 Å². The molecule has 1 N–H and O–H groups in total. The largest absolute Gasteiger partial charge is 0.484 e. The third kappa shape index (κ3) is 5.61. The number of amides is 1. The summed E-state index contributed by atoms with van der Waals surface area (Å²) in [7, 11) is 1.61. The molecule has 1 atom stereocenters. The molecule has 0 fully saturated rings. The Morgan fingerprint density at radius 3 is 2.35 bits per heavy atom. The number of rotatable bonds is 6. The normalized spacial score (nSPS) is 12.8. The van der Waals surface area contributed by atoms with Crippen molar-refractivity contribution in [3.8, 4) is 5.75 Å². The summed E-state index contributed by atoms with van der Waals surface area (Å²) in [5, 5.41) is 2.80. The quantitative estimate of drug-likeness (QED) is 0.870. The highest BCUT2D eigenvalue weighted by Gasteiger charge is 2.13. The monoisotopic (exact) mass is 279 g/mol. The molecular formula is C16H25NO3. The van der Waals surface area contributed by atoms with Crippen molar-refractivity contribution in [1.29, 1.82) is 0 Å². The highest BCUT2D eigenvalue weighted by Crippen LogP contribution is 2.24. The molecule has 0 saturated heterocycles. The van der Waals surface area contributed by atoms with Crippen molar-refractivity contribution in [1.82, 2.24) is 5.32 Å². The van der Waals surface area contributed by atoms with Gasteiger partial charge in [-0.3, -0.25) is 4.79 Å². The molecule has 0 aliphatic carbocycles. The zero-order valence-electron chi connectivity index (χ0n) is 13.0. The molecule has 0 spiro atoms. The second kappa shape index (κ2) is 7.29. The van der Waals surface area contributed by atoms with Gasteiger partial charge in [-0.05, 0) is 30.0 Å². The van der Waals surface area contributed by atoms with Crippen molar-refractivity contribution in [3.05, 3.63) is 29.8 Å². The van der Waals surface area contributed by atoms with Crippen LogP contribution in [0.25, 0.3) is 0 Å². The van der Waals surface area contributed by atoms with Gasteiger partial charge in [0.25, 0.3) is 5.91 Å². The Morgan fingerprint density at radius 2 is 1.85 bits per heavy atom. The topological polar surface area (TPSA) is 47.6 Å². The van der Waals surface area contributed by atoms with Crippen molar-refractivity contribution in [3.63, 3.8) is 0 Å². The maximum Gasteiger partial charge on any atom is 0.258 e. The number of benzene rings is 1. The Hall–Kier alpha value is -1.55. The first kappa shape index (κ1) is 16.5. The standard InChI is InChI=1S/C16H25NO3/c1-12(10-19-5)17-15(18)11-20-14-8-6-13(7-9-14)16(2,3)4/h6-9,12H,10-11H2,1-5H3,(H,17,18). The summed E-state index contributed by atoms with van der Waals surface area (Å²) in [5.41, 5.74) is 1.36. The number of carbonyl (C=O) groups is 1. The van der Waals surface area contributed by atoms with Gasteiger partial charge in [0.1, 0.15) is 5.75 Å². The molecular weight excluding hydrogens is 254 g/mol. The molecule has 0 aromatic heterocycles. The van der Waals surface area contributed by atoms with Crippen LogP contribution in [0.3, 0.4) is 0 Å². The smallest absolute Gasteiger partial charge is 0.258 e. The van der Waals surface area contributed by atoms with Crippen molar-refractivity contribution in [2.45, 2.75) is 39.2 Å². The predicted molar refractivity (Wildman–Crippen MR) is 80.1 cm³/mol. The molecule has 0 bridgehead atoms. The minimum Gasteiger partial charge on any atom is -0.484 e. The first-order valence-electron chi connectivity index (χ1n) is 6.84. The number of nitrogens with one attached hydrogen (secondary N) is 1. The Bertz CT molecular complexity index is 420. The summed E-state index contributed by atoms with van der Waals surface area (Å²) < 4.78 is 10.4. The number of hydrogen-bond donors (Lipinski definition) is 1. The van der Waals surface area contributed by atoms with Crippen LogP contribution in [-0.2, 0) is 14.9 Å². The van der Waals surface area contributed by atoms with E-state index in [1.807, 2.05) is 31.2 Å². The van der Waals surface area contributed by atoms with Crippen molar-refractivity contribution in [2.75, 3.05) is 20.3 Å². The van der Waals surface area contributed by atoms with Crippen molar-refractivity contribution >= 4 is 5.91 Å². The first-order valence-corrected chi connectivity index (χ1v) is 6.84. The van der Waals surface area contributed by atoms with Crippen LogP contribution in [-0.4, -0.2) is 32.3 Å². The summed E-state index contributed by atoms with van der Waals surface area (Å²) in [6.07, 6.45) is 0. The third-order valence-corrected chi connectivity index (χ3v) is 2.91. The summed E-state index contributed by atoms with van der Waals surface area (Å²) in [6, 6.07) is 7.83. The van der Waals surface area contributed by atoms with Crippen LogP contribution in [0, 0.1) is 0 Å². The Kier molecular flexibility index (Phi) is 6.02. The number of hydrogen-bond acceptors (Lipinski definition) is 3. The highest BCUT2D eigenvalue weighted by atomic mass is 16.5. The molecule has 112 valence electrons. The van der Waals surface area contributed by atoms with Crippen LogP contribution in [0.1, 0.15) is 33.3 Å². The molecule has 4 heteroatoms. The number of methoxy groups -OCH3 is 1. The van der Waals surface area contributed by atoms with Crippen LogP contribution in [0.5, 0.6) is 5.75 Å². The lowest BCUT2D eigenvalue weighted by atomic mass is 9.87. The molecule has 0 saturated carbocycles. The van der Waals surface area contributed by atoms with E-state index in [1.54, 1.807) is 7.11 Å². The fourth-order valence-corrected chi connectivity index (χ4v) is 1.81. The summed E-state index contributed by atoms with van der Waals surface area (Å²) in [6.45, 7) is 8.88. The summed E-state index contributed by atoms with van der Waals surface area (Å²) in [5.74, 6) is 0.557. The Balaban J connectivity index is 2.44. The van der Waals surface area contributed by atoms with E-state index in [1.165, 1.54) is 5.56 Å². The number of ether oxygens (including phenoxy) is 2. The van der Waals surface area contributed by atoms with Crippen molar-refractivity contribution < 1.29 is 14.3 Å². The lowest BCUT2D eigenvalue weighted by molar-refractivity contribution is -0.124. The SMILES string of the molecule is COCC(C)NC(=O)COc1ccc(C(C)(C)C)cc1. The zero-order valence-corrected chi connectivity index (χ0v) is 13.0. The molecule has 4 nitrogen and oxygen atoms in total. The summed E-state index contributed by atoms with van der Waals surface area (Å²) >= 11 is 0. The van der Waals surface area contributed by atoms with E-state index >= 15 is 0 Å². The van der Waals surface area contributed by atoms with Crippen LogP contribution in [0.2, 0.25) is 0 Å². The van der Waals surface area contributed by atoms with E-state index in [2.05, 4.69) is 26.1 Å². The van der Waals surface area contributed by atoms with Gasteiger partial charge in [-0.2, -0.15) is 0 Å². The van der Waals surface area contributed by atoms with Crippen LogP contribution in [0.4, 0.5) is 0 Å². The van der Waals surface area contributed by atoms with Crippen molar-refractivity contribution in [2.24, 2.45) is 0 Å². The Morgan fingerprint density at radius 1 is 1.25 bits per heavy atom. The second-order valence-electron chi connectivity index (χ2n) is 5.99. The lowest BCUT2D eigenvalue weighted by Gasteiger charge is -2.19. The van der Waals surface area contributed by atoms with Gasteiger partial charge >= 0.3 is 0 Å². The zero-order chi connectivity index (χ0) is 15.2. The first-order chi connectivity index (χ1) is 9.32. The van der Waals surface area contributed by atoms with E-state index in [9.17, 15) is 4.79 Å².